The highest BCUT2D eigenvalue weighted by molar-refractivity contribution is 7.15. The fraction of sp³-hybridized carbons (Fsp3) is 0.143. The number of fused-ring (bicyclic) bond motifs is 4. The van der Waals surface area contributed by atoms with Crippen LogP contribution in [0.4, 0.5) is 0 Å². The zero-order chi connectivity index (χ0) is 18.0. The third-order valence-corrected chi connectivity index (χ3v) is 6.04. The molecule has 0 aliphatic carbocycles. The van der Waals surface area contributed by atoms with E-state index in [1.807, 2.05) is 25.1 Å². The lowest BCUT2D eigenvalue weighted by Gasteiger charge is -1.98. The second kappa shape index (κ2) is 5.29. The smallest absolute Gasteiger partial charge is 0.274 e. The topological polar surface area (TPSA) is 50.2 Å². The first kappa shape index (κ1) is 15.3. The average molecular weight is 359 g/mol. The van der Waals surface area contributed by atoms with E-state index in [0.717, 1.165) is 38.2 Å². The average Bonchev–Trinajstić information content (AvgIpc) is 3.21. The number of benzene rings is 2. The number of imidazole rings is 1. The van der Waals surface area contributed by atoms with E-state index in [0.29, 0.717) is 4.53 Å². The molecule has 0 fully saturated rings. The molecule has 2 aromatic carbocycles. The maximum Gasteiger partial charge on any atom is 0.274 e. The van der Waals surface area contributed by atoms with E-state index in [2.05, 4.69) is 48.1 Å². The normalized spacial score (nSPS) is 12.8. The Balaban J connectivity index is 1.83. The molecule has 0 bridgehead atoms. The van der Waals surface area contributed by atoms with Crippen molar-refractivity contribution in [1.29, 1.82) is 0 Å². The van der Waals surface area contributed by atoms with Crippen LogP contribution in [0.1, 0.15) is 22.4 Å². The number of aromatic amines is 1. The van der Waals surface area contributed by atoms with E-state index in [4.69, 9.17) is 0 Å². The molecule has 0 radical (unpaired) electrons. The Hall–Kier alpha value is -2.92. The number of para-hydroxylation sites is 1. The third kappa shape index (κ3) is 2.07. The Kier molecular flexibility index (Phi) is 3.12. The van der Waals surface area contributed by atoms with Crippen molar-refractivity contribution >= 4 is 44.3 Å². The molecule has 0 spiro atoms. The number of aromatic nitrogens is 3. The number of H-pyrrole nitrogens is 1. The predicted octanol–water partition coefficient (Wildman–Crippen LogP) is 3.86. The van der Waals surface area contributed by atoms with Gasteiger partial charge in [-0.1, -0.05) is 29.5 Å². The standard InChI is InChI=1S/C21H17N3OS/c1-11-8-17-18(9-12(11)2)24-20(25)19(26-21(24)23-17)10-15-13(3)22-16-7-5-4-6-14(15)16/h4-10,22H,1-3H3. The van der Waals surface area contributed by atoms with Crippen LogP contribution in [0.3, 0.4) is 0 Å². The van der Waals surface area contributed by atoms with Gasteiger partial charge in [-0.05, 0) is 56.2 Å². The molecule has 1 N–H and O–H groups in total. The minimum Gasteiger partial charge on any atom is -0.358 e. The van der Waals surface area contributed by atoms with Crippen molar-refractivity contribution in [2.45, 2.75) is 20.8 Å². The van der Waals surface area contributed by atoms with Gasteiger partial charge in [0.05, 0.1) is 15.6 Å². The molecule has 5 rings (SSSR count). The van der Waals surface area contributed by atoms with E-state index in [1.165, 1.54) is 22.5 Å². The van der Waals surface area contributed by atoms with Crippen LogP contribution in [0.2, 0.25) is 0 Å². The van der Waals surface area contributed by atoms with Gasteiger partial charge in [-0.3, -0.25) is 4.79 Å². The van der Waals surface area contributed by atoms with Crippen LogP contribution in [0.15, 0.2) is 41.2 Å². The fourth-order valence-corrected chi connectivity index (χ4v) is 4.50. The summed E-state index contributed by atoms with van der Waals surface area (Å²) in [6, 6.07) is 12.3. The van der Waals surface area contributed by atoms with Gasteiger partial charge in [-0.15, -0.1) is 0 Å². The number of nitrogens with one attached hydrogen (secondary N) is 1. The van der Waals surface area contributed by atoms with Crippen LogP contribution in [-0.4, -0.2) is 14.4 Å². The molecule has 0 amide bonds. The number of rotatable bonds is 1. The molecule has 0 saturated heterocycles. The first-order valence-electron chi connectivity index (χ1n) is 8.54. The molecule has 0 atom stereocenters. The molecule has 0 aliphatic rings. The highest BCUT2D eigenvalue weighted by atomic mass is 32.1. The van der Waals surface area contributed by atoms with E-state index >= 15 is 0 Å². The van der Waals surface area contributed by atoms with Crippen molar-refractivity contribution in [3.8, 4) is 0 Å². The quantitative estimate of drug-likeness (QED) is 0.494. The maximum atomic E-state index is 13.1. The Bertz CT molecular complexity index is 1440. The Labute approximate surface area is 153 Å². The number of hydrogen-bond acceptors (Lipinski definition) is 3. The van der Waals surface area contributed by atoms with Gasteiger partial charge in [0.15, 0.2) is 4.96 Å². The van der Waals surface area contributed by atoms with Crippen LogP contribution in [0.25, 0.3) is 33.0 Å². The van der Waals surface area contributed by atoms with Crippen molar-refractivity contribution < 1.29 is 0 Å². The molecule has 0 unspecified atom stereocenters. The molecule has 3 aromatic heterocycles. The fourth-order valence-electron chi connectivity index (χ4n) is 3.53. The van der Waals surface area contributed by atoms with Gasteiger partial charge in [-0.25, -0.2) is 9.38 Å². The van der Waals surface area contributed by atoms with Crippen molar-refractivity contribution in [1.82, 2.24) is 14.4 Å². The molecule has 128 valence electrons. The summed E-state index contributed by atoms with van der Waals surface area (Å²) in [5.41, 5.74) is 7.35. The Morgan fingerprint density at radius 3 is 2.73 bits per heavy atom. The summed E-state index contributed by atoms with van der Waals surface area (Å²) >= 11 is 1.45. The zero-order valence-electron chi connectivity index (χ0n) is 14.8. The van der Waals surface area contributed by atoms with Gasteiger partial charge in [0.1, 0.15) is 0 Å². The minimum absolute atomic E-state index is 0.000402. The Morgan fingerprint density at radius 2 is 1.88 bits per heavy atom. The lowest BCUT2D eigenvalue weighted by Crippen LogP contribution is -2.22. The first-order chi connectivity index (χ1) is 12.5. The molecule has 4 nitrogen and oxygen atoms in total. The number of nitrogens with zero attached hydrogens (tertiary/aromatic N) is 2. The predicted molar refractivity (Wildman–Crippen MR) is 108 cm³/mol. The van der Waals surface area contributed by atoms with Gasteiger partial charge in [0.2, 0.25) is 0 Å². The first-order valence-corrected chi connectivity index (χ1v) is 9.36. The highest BCUT2D eigenvalue weighted by Crippen LogP contribution is 2.23. The lowest BCUT2D eigenvalue weighted by atomic mass is 10.1. The van der Waals surface area contributed by atoms with Gasteiger partial charge in [0, 0.05) is 22.2 Å². The highest BCUT2D eigenvalue weighted by Gasteiger charge is 2.13. The van der Waals surface area contributed by atoms with Crippen molar-refractivity contribution in [3.63, 3.8) is 0 Å². The second-order valence-corrected chi connectivity index (χ2v) is 7.79. The van der Waals surface area contributed by atoms with Crippen LogP contribution in [-0.2, 0) is 0 Å². The van der Waals surface area contributed by atoms with Crippen LogP contribution >= 0.6 is 11.3 Å². The van der Waals surface area contributed by atoms with Crippen LogP contribution < -0.4 is 10.1 Å². The molecular weight excluding hydrogens is 342 g/mol. The molecule has 26 heavy (non-hydrogen) atoms. The molecular formula is C21H17N3OS. The van der Waals surface area contributed by atoms with Gasteiger partial charge in [-0.2, -0.15) is 0 Å². The van der Waals surface area contributed by atoms with Crippen LogP contribution in [0.5, 0.6) is 0 Å². The molecule has 0 aliphatic heterocycles. The summed E-state index contributed by atoms with van der Waals surface area (Å²) in [5, 5.41) is 1.13. The van der Waals surface area contributed by atoms with E-state index in [9.17, 15) is 4.79 Å². The minimum atomic E-state index is 0.000402. The van der Waals surface area contributed by atoms with E-state index in [1.54, 1.807) is 4.40 Å². The number of aryl methyl sites for hydroxylation is 3. The number of hydrogen-bond donors (Lipinski definition) is 1. The van der Waals surface area contributed by atoms with Crippen LogP contribution in [0, 0.1) is 20.8 Å². The largest absolute Gasteiger partial charge is 0.358 e. The monoisotopic (exact) mass is 359 g/mol. The molecule has 5 heteroatoms. The van der Waals surface area contributed by atoms with E-state index < -0.39 is 0 Å². The van der Waals surface area contributed by atoms with Crippen molar-refractivity contribution in [3.05, 3.63) is 73.7 Å². The van der Waals surface area contributed by atoms with Gasteiger partial charge >= 0.3 is 0 Å². The van der Waals surface area contributed by atoms with Crippen molar-refractivity contribution in [2.75, 3.05) is 0 Å². The molecule has 0 saturated carbocycles. The third-order valence-electron chi connectivity index (χ3n) is 5.07. The lowest BCUT2D eigenvalue weighted by molar-refractivity contribution is 1.18. The summed E-state index contributed by atoms with van der Waals surface area (Å²) < 4.78 is 2.45. The second-order valence-electron chi connectivity index (χ2n) is 6.78. The summed E-state index contributed by atoms with van der Waals surface area (Å²) in [7, 11) is 0. The van der Waals surface area contributed by atoms with Crippen molar-refractivity contribution in [2.24, 2.45) is 0 Å². The maximum absolute atomic E-state index is 13.1. The van der Waals surface area contributed by atoms with Gasteiger partial charge in [0.25, 0.3) is 5.56 Å². The molecule has 5 aromatic rings. The number of thiazole rings is 1. The summed E-state index contributed by atoms with van der Waals surface area (Å²) in [4.78, 5) is 21.9. The zero-order valence-corrected chi connectivity index (χ0v) is 15.6. The Morgan fingerprint density at radius 1 is 1.12 bits per heavy atom. The van der Waals surface area contributed by atoms with Gasteiger partial charge < -0.3 is 4.98 Å². The summed E-state index contributed by atoms with van der Waals surface area (Å²) in [5.74, 6) is 0. The molecule has 3 heterocycles. The SMILES string of the molecule is Cc1cc2nc3sc(=Cc4c(C)[nH]c5ccccc45)c(=O)n3c2cc1C. The summed E-state index contributed by atoms with van der Waals surface area (Å²) in [6.07, 6.45) is 1.99. The van der Waals surface area contributed by atoms with E-state index in [-0.39, 0.29) is 5.56 Å². The summed E-state index contributed by atoms with van der Waals surface area (Å²) in [6.45, 7) is 6.17.